The van der Waals surface area contributed by atoms with Gasteiger partial charge in [-0.1, -0.05) is 94.6 Å². The molecule has 45 heavy (non-hydrogen) atoms. The van der Waals surface area contributed by atoms with Crippen LogP contribution >= 0.6 is 27.5 Å². The fourth-order valence-corrected chi connectivity index (χ4v) is 6.56. The van der Waals surface area contributed by atoms with Gasteiger partial charge >= 0.3 is 0 Å². The highest BCUT2D eigenvalue weighted by molar-refractivity contribution is 9.10. The summed E-state index contributed by atoms with van der Waals surface area (Å²) in [5.74, 6) is -0.832. The van der Waals surface area contributed by atoms with E-state index in [9.17, 15) is 18.0 Å². The van der Waals surface area contributed by atoms with Crippen LogP contribution in [-0.4, -0.2) is 43.8 Å². The Bertz CT molecular complexity index is 1680. The first-order valence-corrected chi connectivity index (χ1v) is 17.3. The Morgan fingerprint density at radius 1 is 0.867 bits per heavy atom. The zero-order chi connectivity index (χ0) is 32.6. The van der Waals surface area contributed by atoms with E-state index >= 15 is 0 Å². The summed E-state index contributed by atoms with van der Waals surface area (Å²) in [6, 6.07) is 28.7. The molecule has 1 N–H and O–H groups in total. The summed E-state index contributed by atoms with van der Waals surface area (Å²) in [7, 11) is -4.18. The van der Waals surface area contributed by atoms with Crippen LogP contribution in [0.4, 0.5) is 5.69 Å². The highest BCUT2D eigenvalue weighted by atomic mass is 79.9. The number of carbonyl (C=O) groups is 2. The topological polar surface area (TPSA) is 86.8 Å². The van der Waals surface area contributed by atoms with Gasteiger partial charge in [-0.3, -0.25) is 13.9 Å². The molecule has 236 valence electrons. The molecule has 0 radical (unpaired) electrons. The number of carbonyl (C=O) groups excluding carboxylic acids is 2. The van der Waals surface area contributed by atoms with Gasteiger partial charge in [0.2, 0.25) is 11.8 Å². The summed E-state index contributed by atoms with van der Waals surface area (Å²) in [5.41, 5.74) is 2.85. The van der Waals surface area contributed by atoms with Crippen LogP contribution in [0.1, 0.15) is 37.0 Å². The lowest BCUT2D eigenvalue weighted by Gasteiger charge is -2.34. The number of halogens is 2. The highest BCUT2D eigenvalue weighted by Gasteiger charge is 2.35. The third-order valence-corrected chi connectivity index (χ3v) is 10.1. The highest BCUT2D eigenvalue weighted by Crippen LogP contribution is 2.27. The number of aryl methyl sites for hydroxylation is 1. The molecule has 0 saturated heterocycles. The molecule has 0 aromatic heterocycles. The van der Waals surface area contributed by atoms with Crippen LogP contribution in [0.3, 0.4) is 0 Å². The molecule has 0 aliphatic heterocycles. The third kappa shape index (κ3) is 9.19. The van der Waals surface area contributed by atoms with Crippen LogP contribution in [0.15, 0.2) is 112 Å². The number of amides is 2. The number of nitrogens with one attached hydrogen (secondary N) is 1. The standard InChI is InChI=1S/C35H37BrClN3O4S/c1-4-26(3)38-35(42)33(22-27-8-6-5-7-9-27)39(23-28-12-14-29(36)15-13-28)34(41)24-40(31-18-16-30(37)17-19-31)45(43,44)32-20-10-25(2)11-21-32/h5-21,26,33H,4,22-24H2,1-3H3,(H,38,42)/t26-,33-/m0/s1. The molecule has 0 heterocycles. The summed E-state index contributed by atoms with van der Waals surface area (Å²) >= 11 is 9.60. The first-order chi connectivity index (χ1) is 21.5. The quantitative estimate of drug-likeness (QED) is 0.160. The van der Waals surface area contributed by atoms with Crippen LogP contribution in [-0.2, 0) is 32.6 Å². The number of hydrogen-bond acceptors (Lipinski definition) is 4. The van der Waals surface area contributed by atoms with Crippen molar-refractivity contribution in [2.24, 2.45) is 0 Å². The van der Waals surface area contributed by atoms with Crippen molar-refractivity contribution in [3.63, 3.8) is 0 Å². The molecule has 2 amide bonds. The van der Waals surface area contributed by atoms with Gasteiger partial charge < -0.3 is 10.2 Å². The van der Waals surface area contributed by atoms with E-state index in [1.165, 1.54) is 17.0 Å². The van der Waals surface area contributed by atoms with E-state index in [4.69, 9.17) is 11.6 Å². The van der Waals surface area contributed by atoms with Gasteiger partial charge in [0.1, 0.15) is 12.6 Å². The van der Waals surface area contributed by atoms with Crippen molar-refractivity contribution < 1.29 is 18.0 Å². The molecule has 0 aliphatic carbocycles. The molecule has 10 heteroatoms. The first-order valence-electron chi connectivity index (χ1n) is 14.7. The molecule has 0 unspecified atom stereocenters. The van der Waals surface area contributed by atoms with E-state index in [0.717, 1.165) is 25.5 Å². The van der Waals surface area contributed by atoms with Gasteiger partial charge in [0.25, 0.3) is 10.0 Å². The molecule has 4 rings (SSSR count). The number of benzene rings is 4. The van der Waals surface area contributed by atoms with Crippen LogP contribution in [0.2, 0.25) is 5.02 Å². The third-order valence-electron chi connectivity index (χ3n) is 7.54. The second kappa shape index (κ2) is 15.6. The predicted molar refractivity (Wildman–Crippen MR) is 184 cm³/mol. The smallest absolute Gasteiger partial charge is 0.264 e. The molecular weight excluding hydrogens is 674 g/mol. The largest absolute Gasteiger partial charge is 0.352 e. The molecule has 0 bridgehead atoms. The van der Waals surface area contributed by atoms with Crippen molar-refractivity contribution in [1.82, 2.24) is 10.2 Å². The van der Waals surface area contributed by atoms with Crippen LogP contribution in [0.25, 0.3) is 0 Å². The Morgan fingerprint density at radius 2 is 1.49 bits per heavy atom. The summed E-state index contributed by atoms with van der Waals surface area (Å²) in [5, 5.41) is 3.48. The maximum atomic E-state index is 14.5. The molecule has 2 atom stereocenters. The van der Waals surface area contributed by atoms with Crippen molar-refractivity contribution in [1.29, 1.82) is 0 Å². The van der Waals surface area contributed by atoms with Gasteiger partial charge in [-0.2, -0.15) is 0 Å². The number of hydrogen-bond donors (Lipinski definition) is 1. The zero-order valence-electron chi connectivity index (χ0n) is 25.5. The summed E-state index contributed by atoms with van der Waals surface area (Å²) < 4.78 is 30.2. The number of nitrogens with zero attached hydrogens (tertiary/aromatic N) is 2. The van der Waals surface area contributed by atoms with Gasteiger partial charge in [0.15, 0.2) is 0 Å². The average molecular weight is 711 g/mol. The van der Waals surface area contributed by atoms with E-state index in [2.05, 4.69) is 21.2 Å². The fraction of sp³-hybridized carbons (Fsp3) is 0.257. The SMILES string of the molecule is CC[C@H](C)NC(=O)[C@H](Cc1ccccc1)N(Cc1ccc(Br)cc1)C(=O)CN(c1ccc(Cl)cc1)S(=O)(=O)c1ccc(C)cc1. The Hall–Kier alpha value is -3.66. The van der Waals surface area contributed by atoms with Gasteiger partial charge in [-0.25, -0.2) is 8.42 Å². The maximum absolute atomic E-state index is 14.5. The molecule has 0 saturated carbocycles. The van der Waals surface area contributed by atoms with Crippen molar-refractivity contribution in [3.8, 4) is 0 Å². The Balaban J connectivity index is 1.80. The minimum absolute atomic E-state index is 0.0469. The monoisotopic (exact) mass is 709 g/mol. The average Bonchev–Trinajstić information content (AvgIpc) is 3.03. The molecule has 0 aliphatic rings. The molecule has 4 aromatic rings. The van der Waals surface area contributed by atoms with E-state index < -0.39 is 28.5 Å². The van der Waals surface area contributed by atoms with E-state index in [0.29, 0.717) is 11.4 Å². The van der Waals surface area contributed by atoms with Gasteiger partial charge in [0, 0.05) is 28.5 Å². The van der Waals surface area contributed by atoms with Crippen LogP contribution in [0.5, 0.6) is 0 Å². The molecule has 7 nitrogen and oxygen atoms in total. The van der Waals surface area contributed by atoms with Crippen molar-refractivity contribution in [2.75, 3.05) is 10.8 Å². The zero-order valence-corrected chi connectivity index (χ0v) is 28.6. The van der Waals surface area contributed by atoms with E-state index in [1.807, 2.05) is 75.4 Å². The maximum Gasteiger partial charge on any atom is 0.264 e. The normalized spacial score (nSPS) is 12.6. The summed E-state index contributed by atoms with van der Waals surface area (Å²) in [4.78, 5) is 29.9. The number of anilines is 1. The van der Waals surface area contributed by atoms with Crippen molar-refractivity contribution in [3.05, 3.63) is 129 Å². The molecule has 0 spiro atoms. The van der Waals surface area contributed by atoms with Crippen molar-refractivity contribution in [2.45, 2.75) is 57.1 Å². The molecule has 4 aromatic carbocycles. The van der Waals surface area contributed by atoms with Crippen molar-refractivity contribution >= 4 is 55.1 Å². The fourth-order valence-electron chi connectivity index (χ4n) is 4.76. The van der Waals surface area contributed by atoms with Gasteiger partial charge in [0.05, 0.1) is 10.6 Å². The Kier molecular flexibility index (Phi) is 11.8. The van der Waals surface area contributed by atoms with Crippen LogP contribution < -0.4 is 9.62 Å². The minimum atomic E-state index is -4.18. The number of sulfonamides is 1. The van der Waals surface area contributed by atoms with E-state index in [-0.39, 0.29) is 35.5 Å². The minimum Gasteiger partial charge on any atom is -0.352 e. The lowest BCUT2D eigenvalue weighted by Crippen LogP contribution is -2.54. The second-order valence-corrected chi connectivity index (χ2v) is 14.2. The number of rotatable bonds is 13. The van der Waals surface area contributed by atoms with Crippen LogP contribution in [0, 0.1) is 6.92 Å². The first kappa shape index (κ1) is 34.2. The second-order valence-electron chi connectivity index (χ2n) is 11.0. The van der Waals surface area contributed by atoms with Gasteiger partial charge in [-0.15, -0.1) is 0 Å². The molecule has 0 fully saturated rings. The Labute approximate surface area is 279 Å². The lowest BCUT2D eigenvalue weighted by molar-refractivity contribution is -0.140. The Morgan fingerprint density at radius 3 is 2.09 bits per heavy atom. The lowest BCUT2D eigenvalue weighted by atomic mass is 10.0. The predicted octanol–water partition coefficient (Wildman–Crippen LogP) is 7.16. The van der Waals surface area contributed by atoms with Gasteiger partial charge in [-0.05, 0) is 79.9 Å². The molecular formula is C35H37BrClN3O4S. The summed E-state index contributed by atoms with van der Waals surface area (Å²) in [6.07, 6.45) is 0.959. The summed E-state index contributed by atoms with van der Waals surface area (Å²) in [6.45, 7) is 5.32. The van der Waals surface area contributed by atoms with E-state index in [1.54, 1.807) is 36.4 Å².